The summed E-state index contributed by atoms with van der Waals surface area (Å²) in [6.45, 7) is 3.23. The molecule has 176 valence electrons. The number of methoxy groups -OCH3 is 1. The molecule has 1 N–H and O–H groups in total. The second-order valence-corrected chi connectivity index (χ2v) is 9.57. The lowest BCUT2D eigenvalue weighted by atomic mass is 9.63. The van der Waals surface area contributed by atoms with E-state index in [9.17, 15) is 4.79 Å². The van der Waals surface area contributed by atoms with Crippen molar-refractivity contribution in [2.45, 2.75) is 25.4 Å². The van der Waals surface area contributed by atoms with Gasteiger partial charge in [-0.25, -0.2) is 4.79 Å². The third-order valence-corrected chi connectivity index (χ3v) is 7.56. The molecule has 2 aliphatic rings. The molecule has 34 heavy (non-hydrogen) atoms. The summed E-state index contributed by atoms with van der Waals surface area (Å²) in [4.78, 5) is 21.8. The lowest BCUT2D eigenvalue weighted by molar-refractivity contribution is -0.112. The van der Waals surface area contributed by atoms with Crippen LogP contribution >= 0.6 is 11.6 Å². The number of pyridine rings is 1. The molecule has 2 fully saturated rings. The van der Waals surface area contributed by atoms with Gasteiger partial charge >= 0.3 is 6.03 Å². The normalized spacial score (nSPS) is 19.5. The number of anilines is 1. The Kier molecular flexibility index (Phi) is 6.44. The molecular formula is C27H29ClN4O2. The third kappa shape index (κ3) is 4.36. The maximum atomic E-state index is 13.0. The minimum atomic E-state index is -0.0791. The number of hydrogen-bond acceptors (Lipinski definition) is 4. The number of urea groups is 1. The lowest BCUT2D eigenvalue weighted by Crippen LogP contribution is -2.62. The van der Waals surface area contributed by atoms with Crippen LogP contribution in [0.1, 0.15) is 30.0 Å². The molecule has 2 amide bonds. The van der Waals surface area contributed by atoms with E-state index >= 15 is 0 Å². The van der Waals surface area contributed by atoms with Crippen LogP contribution in [0.25, 0.3) is 0 Å². The van der Waals surface area contributed by atoms with Crippen LogP contribution < -0.4 is 10.1 Å². The lowest BCUT2D eigenvalue weighted by Gasteiger charge is -2.60. The van der Waals surface area contributed by atoms with E-state index in [0.717, 1.165) is 49.6 Å². The van der Waals surface area contributed by atoms with Crippen LogP contribution in [0.4, 0.5) is 10.5 Å². The fourth-order valence-electron chi connectivity index (χ4n) is 5.48. The van der Waals surface area contributed by atoms with Crippen LogP contribution in [0, 0.1) is 5.41 Å². The van der Waals surface area contributed by atoms with Crippen LogP contribution in [0.5, 0.6) is 5.75 Å². The van der Waals surface area contributed by atoms with Gasteiger partial charge in [-0.2, -0.15) is 0 Å². The van der Waals surface area contributed by atoms with Gasteiger partial charge in [0.2, 0.25) is 0 Å². The van der Waals surface area contributed by atoms with Crippen LogP contribution in [0.2, 0.25) is 5.02 Å². The minimum absolute atomic E-state index is 0.0791. The van der Waals surface area contributed by atoms with Gasteiger partial charge in [-0.15, -0.1) is 0 Å². The molecule has 0 aliphatic carbocycles. The molecule has 0 bridgehead atoms. The summed E-state index contributed by atoms with van der Waals surface area (Å²) in [5, 5.41) is 3.81. The number of para-hydroxylation sites is 2. The minimum Gasteiger partial charge on any atom is -0.495 e. The summed E-state index contributed by atoms with van der Waals surface area (Å²) in [5.74, 6) is 0.662. The Balaban J connectivity index is 1.29. The molecule has 1 aromatic heterocycles. The highest BCUT2D eigenvalue weighted by Gasteiger charge is 2.54. The van der Waals surface area contributed by atoms with Crippen molar-refractivity contribution in [3.63, 3.8) is 0 Å². The third-order valence-electron chi connectivity index (χ3n) is 7.19. The van der Waals surface area contributed by atoms with E-state index in [2.05, 4.69) is 27.3 Å². The van der Waals surface area contributed by atoms with Crippen molar-refractivity contribution in [1.29, 1.82) is 0 Å². The Labute approximate surface area is 205 Å². The van der Waals surface area contributed by atoms with Gasteiger partial charge in [0.25, 0.3) is 0 Å². The largest absolute Gasteiger partial charge is 0.495 e. The number of piperidine rings is 1. The monoisotopic (exact) mass is 476 g/mol. The van der Waals surface area contributed by atoms with Crippen molar-refractivity contribution in [3.8, 4) is 5.75 Å². The fraction of sp³-hybridized carbons (Fsp3) is 0.333. The highest BCUT2D eigenvalue weighted by Crippen LogP contribution is 2.55. The number of carbonyl (C=O) groups is 1. The Morgan fingerprint density at radius 3 is 2.62 bits per heavy atom. The summed E-state index contributed by atoms with van der Waals surface area (Å²) in [6, 6.07) is 19.9. The maximum absolute atomic E-state index is 13.0. The van der Waals surface area contributed by atoms with Gasteiger partial charge in [0.05, 0.1) is 12.8 Å². The number of nitrogens with zero attached hydrogens (tertiary/aromatic N) is 3. The van der Waals surface area contributed by atoms with E-state index in [1.165, 1.54) is 5.56 Å². The van der Waals surface area contributed by atoms with E-state index in [-0.39, 0.29) is 17.5 Å². The van der Waals surface area contributed by atoms with E-state index in [0.29, 0.717) is 11.4 Å². The number of hydrogen-bond donors (Lipinski definition) is 1. The van der Waals surface area contributed by atoms with E-state index < -0.39 is 0 Å². The number of benzene rings is 2. The van der Waals surface area contributed by atoms with Gasteiger partial charge in [0.1, 0.15) is 5.75 Å². The SMILES string of the molecule is COc1ccccc1NC(=O)N1CCC2(CC1)CN(Cc1ccccc1Cl)C2c1cccnc1. The van der Waals surface area contributed by atoms with Gasteiger partial charge in [-0.05, 0) is 48.2 Å². The zero-order chi connectivity index (χ0) is 23.5. The summed E-state index contributed by atoms with van der Waals surface area (Å²) >= 11 is 6.46. The first-order valence-electron chi connectivity index (χ1n) is 11.7. The number of nitrogens with one attached hydrogen (secondary N) is 1. The highest BCUT2D eigenvalue weighted by atomic mass is 35.5. The molecule has 2 aromatic carbocycles. The Morgan fingerprint density at radius 2 is 1.88 bits per heavy atom. The molecule has 1 unspecified atom stereocenters. The Morgan fingerprint density at radius 1 is 1.12 bits per heavy atom. The average molecular weight is 477 g/mol. The molecule has 3 heterocycles. The number of likely N-dealkylation sites (tertiary alicyclic amines) is 2. The van der Waals surface area contributed by atoms with Gasteiger partial charge in [0, 0.05) is 55.1 Å². The second kappa shape index (κ2) is 9.65. The predicted octanol–water partition coefficient (Wildman–Crippen LogP) is 5.61. The van der Waals surface area contributed by atoms with Gasteiger partial charge in [-0.3, -0.25) is 9.88 Å². The standard InChI is InChI=1S/C27H29ClN4O2/c1-34-24-11-5-4-10-23(24)30-26(33)31-15-12-27(13-16-31)19-32(18-21-7-2-3-9-22(21)28)25(27)20-8-6-14-29-17-20/h2-11,14,17,25H,12-13,15-16,18-19H2,1H3,(H,30,33). The fourth-order valence-corrected chi connectivity index (χ4v) is 5.68. The van der Waals surface area contributed by atoms with E-state index in [1.807, 2.05) is 65.8 Å². The zero-order valence-corrected chi connectivity index (χ0v) is 20.0. The van der Waals surface area contributed by atoms with E-state index in [1.54, 1.807) is 7.11 Å². The number of rotatable bonds is 5. The van der Waals surface area contributed by atoms with Crippen LogP contribution in [0.15, 0.2) is 73.1 Å². The number of aromatic nitrogens is 1. The van der Waals surface area contributed by atoms with Gasteiger partial charge in [0.15, 0.2) is 0 Å². The summed E-state index contributed by atoms with van der Waals surface area (Å²) in [7, 11) is 1.61. The second-order valence-electron chi connectivity index (χ2n) is 9.17. The van der Waals surface area contributed by atoms with Crippen LogP contribution in [-0.4, -0.2) is 47.6 Å². The van der Waals surface area contributed by atoms with Crippen molar-refractivity contribution in [2.75, 3.05) is 32.1 Å². The molecule has 1 spiro atoms. The Hall–Kier alpha value is -3.09. The summed E-state index contributed by atoms with van der Waals surface area (Å²) in [5.41, 5.74) is 3.19. The first-order valence-corrected chi connectivity index (χ1v) is 12.0. The molecule has 3 aromatic rings. The molecule has 1 atom stereocenters. The number of amides is 2. The average Bonchev–Trinajstić information content (AvgIpc) is 2.86. The van der Waals surface area contributed by atoms with Gasteiger partial charge < -0.3 is 15.0 Å². The molecule has 0 radical (unpaired) electrons. The molecule has 6 nitrogen and oxygen atoms in total. The van der Waals surface area contributed by atoms with Crippen molar-refractivity contribution in [3.05, 3.63) is 89.2 Å². The van der Waals surface area contributed by atoms with Gasteiger partial charge in [-0.1, -0.05) is 48.0 Å². The first-order chi connectivity index (χ1) is 16.6. The van der Waals surface area contributed by atoms with Crippen LogP contribution in [-0.2, 0) is 6.54 Å². The first kappa shape index (κ1) is 22.7. The molecule has 0 saturated carbocycles. The van der Waals surface area contributed by atoms with Crippen molar-refractivity contribution >= 4 is 23.3 Å². The smallest absolute Gasteiger partial charge is 0.321 e. The predicted molar refractivity (Wildman–Crippen MR) is 134 cm³/mol. The van der Waals surface area contributed by atoms with Crippen molar-refractivity contribution < 1.29 is 9.53 Å². The molecule has 5 rings (SSSR count). The van der Waals surface area contributed by atoms with Crippen molar-refractivity contribution in [2.24, 2.45) is 5.41 Å². The zero-order valence-electron chi connectivity index (χ0n) is 19.3. The highest BCUT2D eigenvalue weighted by molar-refractivity contribution is 6.31. The van der Waals surface area contributed by atoms with E-state index in [4.69, 9.17) is 16.3 Å². The number of carbonyl (C=O) groups excluding carboxylic acids is 1. The molecule has 7 heteroatoms. The Bertz CT molecular complexity index is 1150. The summed E-state index contributed by atoms with van der Waals surface area (Å²) < 4.78 is 5.37. The number of ether oxygens (including phenoxy) is 1. The molecule has 2 aliphatic heterocycles. The molecular weight excluding hydrogens is 448 g/mol. The van der Waals surface area contributed by atoms with Crippen molar-refractivity contribution in [1.82, 2.24) is 14.8 Å². The van der Waals surface area contributed by atoms with Crippen LogP contribution in [0.3, 0.4) is 0 Å². The molecule has 2 saturated heterocycles. The summed E-state index contributed by atoms with van der Waals surface area (Å²) in [6.07, 6.45) is 5.69. The maximum Gasteiger partial charge on any atom is 0.321 e. The quantitative estimate of drug-likeness (QED) is 0.519. The topological polar surface area (TPSA) is 57.7 Å². The number of halogens is 1.